The third-order valence-corrected chi connectivity index (χ3v) is 6.16. The largest absolute Gasteiger partial charge is 0.329 e. The lowest BCUT2D eigenvalue weighted by atomic mass is 10.2. The van der Waals surface area contributed by atoms with Gasteiger partial charge in [0.1, 0.15) is 10.7 Å². The van der Waals surface area contributed by atoms with Crippen molar-refractivity contribution in [2.45, 2.75) is 17.9 Å². The highest BCUT2D eigenvalue weighted by Crippen LogP contribution is 2.31. The number of aromatic nitrogens is 3. The average molecular weight is 328 g/mol. The highest BCUT2D eigenvalue weighted by atomic mass is 32.2. The predicted molar refractivity (Wildman–Crippen MR) is 86.5 cm³/mol. The zero-order chi connectivity index (χ0) is 16.0. The monoisotopic (exact) mass is 328 g/mol. The minimum Gasteiger partial charge on any atom is -0.329 e. The lowest BCUT2D eigenvalue weighted by molar-refractivity contribution is 0.202. The first-order valence-electron chi connectivity index (χ1n) is 7.41. The molecule has 23 heavy (non-hydrogen) atoms. The lowest BCUT2D eigenvalue weighted by Gasteiger charge is -2.39. The van der Waals surface area contributed by atoms with E-state index in [9.17, 15) is 8.42 Å². The molecule has 0 unspecified atom stereocenters. The first-order chi connectivity index (χ1) is 11.1. The van der Waals surface area contributed by atoms with Crippen molar-refractivity contribution >= 4 is 20.9 Å². The SMILES string of the molecule is Cc1nccn1C1CN(S(=O)(=O)c2cccc3cccnc23)C1. The first kappa shape index (κ1) is 14.3. The topological polar surface area (TPSA) is 68.1 Å². The van der Waals surface area contributed by atoms with Gasteiger partial charge in [0.2, 0.25) is 10.0 Å². The van der Waals surface area contributed by atoms with Crippen LogP contribution in [-0.4, -0.2) is 40.3 Å². The van der Waals surface area contributed by atoms with E-state index in [0.717, 1.165) is 11.2 Å². The molecule has 0 bridgehead atoms. The number of nitrogens with zero attached hydrogens (tertiary/aromatic N) is 4. The molecule has 1 aliphatic rings. The first-order valence-corrected chi connectivity index (χ1v) is 8.85. The van der Waals surface area contributed by atoms with Crippen molar-refractivity contribution in [3.63, 3.8) is 0 Å². The second-order valence-electron chi connectivity index (χ2n) is 5.69. The summed E-state index contributed by atoms with van der Waals surface area (Å²) in [6.07, 6.45) is 5.25. The number of para-hydroxylation sites is 1. The number of hydrogen-bond acceptors (Lipinski definition) is 4. The summed E-state index contributed by atoms with van der Waals surface area (Å²) in [4.78, 5) is 8.72. The molecule has 0 atom stereocenters. The van der Waals surface area contributed by atoms with Crippen LogP contribution in [0.2, 0.25) is 0 Å². The molecule has 4 rings (SSSR count). The van der Waals surface area contributed by atoms with Crippen molar-refractivity contribution in [2.24, 2.45) is 0 Å². The van der Waals surface area contributed by atoms with Gasteiger partial charge < -0.3 is 4.57 Å². The standard InChI is InChI=1S/C16H16N4O2S/c1-12-17-8-9-20(12)14-10-19(11-14)23(21,22)15-6-2-4-13-5-3-7-18-16(13)15/h2-9,14H,10-11H2,1H3. The summed E-state index contributed by atoms with van der Waals surface area (Å²) in [6.45, 7) is 2.84. The Labute approximate surface area is 134 Å². The van der Waals surface area contributed by atoms with Gasteiger partial charge in [-0.15, -0.1) is 0 Å². The van der Waals surface area contributed by atoms with E-state index in [-0.39, 0.29) is 10.9 Å². The van der Waals surface area contributed by atoms with Crippen LogP contribution in [0.3, 0.4) is 0 Å². The van der Waals surface area contributed by atoms with Crippen LogP contribution in [0.25, 0.3) is 10.9 Å². The van der Waals surface area contributed by atoms with Crippen molar-refractivity contribution in [1.29, 1.82) is 0 Å². The number of fused-ring (bicyclic) bond motifs is 1. The summed E-state index contributed by atoms with van der Waals surface area (Å²) >= 11 is 0. The van der Waals surface area contributed by atoms with Gasteiger partial charge in [-0.3, -0.25) is 4.98 Å². The van der Waals surface area contributed by atoms with Gasteiger partial charge in [-0.2, -0.15) is 4.31 Å². The smallest absolute Gasteiger partial charge is 0.245 e. The van der Waals surface area contributed by atoms with Crippen molar-refractivity contribution < 1.29 is 8.42 Å². The van der Waals surface area contributed by atoms with E-state index in [2.05, 4.69) is 9.97 Å². The quantitative estimate of drug-likeness (QED) is 0.737. The summed E-state index contributed by atoms with van der Waals surface area (Å²) in [5.41, 5.74) is 0.525. The maximum absolute atomic E-state index is 12.9. The number of benzene rings is 1. The Morgan fingerprint density at radius 3 is 2.61 bits per heavy atom. The van der Waals surface area contributed by atoms with Crippen LogP contribution in [0.5, 0.6) is 0 Å². The van der Waals surface area contributed by atoms with Gasteiger partial charge in [0.25, 0.3) is 0 Å². The molecule has 0 spiro atoms. The maximum Gasteiger partial charge on any atom is 0.245 e. The number of sulfonamides is 1. The molecule has 2 aromatic heterocycles. The fourth-order valence-electron chi connectivity index (χ4n) is 2.99. The predicted octanol–water partition coefficient (Wildman–Crippen LogP) is 1.99. The molecule has 0 N–H and O–H groups in total. The van der Waals surface area contributed by atoms with Crippen LogP contribution >= 0.6 is 0 Å². The average Bonchev–Trinajstić information content (AvgIpc) is 2.91. The van der Waals surface area contributed by atoms with E-state index in [1.54, 1.807) is 30.6 Å². The van der Waals surface area contributed by atoms with Gasteiger partial charge in [-0.05, 0) is 19.1 Å². The molecule has 1 aromatic carbocycles. The molecule has 7 heteroatoms. The molecule has 1 fully saturated rings. The molecule has 3 aromatic rings. The van der Waals surface area contributed by atoms with E-state index < -0.39 is 10.0 Å². The lowest BCUT2D eigenvalue weighted by Crippen LogP contribution is -2.50. The number of pyridine rings is 1. The van der Waals surface area contributed by atoms with Gasteiger partial charge in [-0.1, -0.05) is 18.2 Å². The highest BCUT2D eigenvalue weighted by Gasteiger charge is 2.38. The maximum atomic E-state index is 12.9. The van der Waals surface area contributed by atoms with E-state index in [1.807, 2.05) is 29.8 Å². The fraction of sp³-hybridized carbons (Fsp3) is 0.250. The van der Waals surface area contributed by atoms with Crippen LogP contribution in [0.4, 0.5) is 0 Å². The Morgan fingerprint density at radius 1 is 1.09 bits per heavy atom. The van der Waals surface area contributed by atoms with Crippen LogP contribution in [-0.2, 0) is 10.0 Å². The summed E-state index contributed by atoms with van der Waals surface area (Å²) in [6, 6.07) is 9.08. The Bertz CT molecular complexity index is 969. The summed E-state index contributed by atoms with van der Waals surface area (Å²) < 4.78 is 29.3. The van der Waals surface area contributed by atoms with Gasteiger partial charge in [0.15, 0.2) is 0 Å². The van der Waals surface area contributed by atoms with Gasteiger partial charge in [0.05, 0.1) is 11.6 Å². The second kappa shape index (κ2) is 5.14. The molecule has 0 saturated carbocycles. The summed E-state index contributed by atoms with van der Waals surface area (Å²) in [5.74, 6) is 0.902. The van der Waals surface area contributed by atoms with Crippen LogP contribution < -0.4 is 0 Å². The number of imidazole rings is 1. The van der Waals surface area contributed by atoms with Crippen LogP contribution in [0, 0.1) is 6.92 Å². The Morgan fingerprint density at radius 2 is 1.87 bits per heavy atom. The van der Waals surface area contributed by atoms with Crippen molar-refractivity contribution in [3.05, 3.63) is 54.7 Å². The van der Waals surface area contributed by atoms with Crippen LogP contribution in [0.15, 0.2) is 53.8 Å². The number of aryl methyl sites for hydroxylation is 1. The molecule has 1 aliphatic heterocycles. The minimum atomic E-state index is -3.53. The van der Waals surface area contributed by atoms with E-state index in [1.165, 1.54) is 4.31 Å². The molecular formula is C16H16N4O2S. The fourth-order valence-corrected chi connectivity index (χ4v) is 4.67. The third-order valence-electron chi connectivity index (χ3n) is 4.30. The third kappa shape index (κ3) is 2.24. The van der Waals surface area contributed by atoms with Crippen molar-refractivity contribution in [2.75, 3.05) is 13.1 Å². The molecule has 3 heterocycles. The molecule has 1 saturated heterocycles. The van der Waals surface area contributed by atoms with E-state index in [4.69, 9.17) is 0 Å². The highest BCUT2D eigenvalue weighted by molar-refractivity contribution is 7.89. The zero-order valence-electron chi connectivity index (χ0n) is 12.6. The number of hydrogen-bond donors (Lipinski definition) is 0. The van der Waals surface area contributed by atoms with Crippen molar-refractivity contribution in [3.8, 4) is 0 Å². The molecule has 0 aliphatic carbocycles. The zero-order valence-corrected chi connectivity index (χ0v) is 13.4. The van der Waals surface area contributed by atoms with Crippen LogP contribution in [0.1, 0.15) is 11.9 Å². The number of rotatable bonds is 3. The molecule has 0 amide bonds. The van der Waals surface area contributed by atoms with Crippen molar-refractivity contribution in [1.82, 2.24) is 18.8 Å². The normalized spacial score (nSPS) is 16.6. The Kier molecular flexibility index (Phi) is 3.21. The second-order valence-corrected chi connectivity index (χ2v) is 7.60. The molecule has 118 valence electrons. The molecule has 0 radical (unpaired) electrons. The summed E-state index contributed by atoms with van der Waals surface area (Å²) in [7, 11) is -3.53. The van der Waals surface area contributed by atoms with E-state index >= 15 is 0 Å². The molecule has 6 nitrogen and oxygen atoms in total. The van der Waals surface area contributed by atoms with E-state index in [0.29, 0.717) is 18.6 Å². The Hall–Kier alpha value is -2.25. The van der Waals surface area contributed by atoms with Gasteiger partial charge >= 0.3 is 0 Å². The van der Waals surface area contributed by atoms with Gasteiger partial charge in [0, 0.05) is 37.1 Å². The summed E-state index contributed by atoms with van der Waals surface area (Å²) in [5, 5.41) is 0.830. The Balaban J connectivity index is 1.66. The van der Waals surface area contributed by atoms with Gasteiger partial charge in [-0.25, -0.2) is 13.4 Å². The molecular weight excluding hydrogens is 312 g/mol. The minimum absolute atomic E-state index is 0.148.